The van der Waals surface area contributed by atoms with Crippen LogP contribution in [0.25, 0.3) is 6.08 Å². The van der Waals surface area contributed by atoms with E-state index in [0.717, 1.165) is 0 Å². The highest BCUT2D eigenvalue weighted by Gasteiger charge is 2.12. The Morgan fingerprint density at radius 1 is 1.07 bits per heavy atom. The number of carbonyl (C=O) groups excluding carboxylic acids is 1. The maximum Gasteiger partial charge on any atom is 0.203 e. The molecule has 0 unspecified atom stereocenters. The molecular weight excluding hydrogens is 377 g/mol. The number of ether oxygens (including phenoxy) is 1. The predicted octanol–water partition coefficient (Wildman–Crippen LogP) is 5.85. The lowest BCUT2D eigenvalue weighted by Crippen LogP contribution is -2.02. The van der Waals surface area contributed by atoms with Crippen LogP contribution in [0.2, 0.25) is 5.02 Å². The molecule has 0 saturated heterocycles. The van der Waals surface area contributed by atoms with Crippen molar-refractivity contribution in [3.63, 3.8) is 0 Å². The van der Waals surface area contributed by atoms with E-state index >= 15 is 0 Å². The molecule has 0 saturated carbocycles. The summed E-state index contributed by atoms with van der Waals surface area (Å²) in [6, 6.07) is 21.8. The van der Waals surface area contributed by atoms with Crippen LogP contribution in [0.4, 0.5) is 4.39 Å². The van der Waals surface area contributed by atoms with Crippen LogP contribution < -0.4 is 4.74 Å². The van der Waals surface area contributed by atoms with Crippen LogP contribution in [0, 0.1) is 17.1 Å². The Balaban J connectivity index is 1.80. The van der Waals surface area contributed by atoms with Crippen LogP contribution in [0.15, 0.2) is 78.4 Å². The number of allylic oxidation sites excluding steroid dienone is 1. The van der Waals surface area contributed by atoms with Crippen molar-refractivity contribution in [3.8, 4) is 11.8 Å². The van der Waals surface area contributed by atoms with Gasteiger partial charge in [-0.05, 0) is 35.9 Å². The molecular formula is C23H15ClFNO2. The van der Waals surface area contributed by atoms with Crippen molar-refractivity contribution in [2.75, 3.05) is 0 Å². The molecule has 0 aromatic heterocycles. The molecule has 0 amide bonds. The fraction of sp³-hybridized carbons (Fsp3) is 0.0435. The first kappa shape index (κ1) is 19.3. The molecule has 0 atom stereocenters. The van der Waals surface area contributed by atoms with Crippen molar-refractivity contribution in [1.82, 2.24) is 0 Å². The lowest BCUT2D eigenvalue weighted by atomic mass is 10.0. The molecule has 0 fully saturated rings. The first-order valence-corrected chi connectivity index (χ1v) is 8.83. The second kappa shape index (κ2) is 8.98. The zero-order chi connectivity index (χ0) is 19.9. The standard InChI is InChI=1S/C23H15ClFNO2/c24-21-10-5-11-22(25)20(21)15-28-19-9-4-6-16(13-19)12-18(14-26)23(27)17-7-2-1-3-8-17/h1-13H,15H2/b18-12+. The molecule has 0 aliphatic carbocycles. The summed E-state index contributed by atoms with van der Waals surface area (Å²) in [6.07, 6.45) is 1.50. The SMILES string of the molecule is N#C/C(=C\c1cccc(OCc2c(F)cccc2Cl)c1)C(=O)c1ccccc1. The van der Waals surface area contributed by atoms with Crippen LogP contribution in [0.3, 0.4) is 0 Å². The normalized spacial score (nSPS) is 11.0. The Bertz CT molecular complexity index is 1050. The summed E-state index contributed by atoms with van der Waals surface area (Å²) in [5.41, 5.74) is 1.34. The van der Waals surface area contributed by atoms with Gasteiger partial charge < -0.3 is 4.74 Å². The smallest absolute Gasteiger partial charge is 0.203 e. The molecule has 138 valence electrons. The fourth-order valence-electron chi connectivity index (χ4n) is 2.58. The molecule has 3 aromatic carbocycles. The first-order chi connectivity index (χ1) is 13.6. The Morgan fingerprint density at radius 2 is 1.82 bits per heavy atom. The van der Waals surface area contributed by atoms with E-state index in [0.29, 0.717) is 16.9 Å². The van der Waals surface area contributed by atoms with Crippen LogP contribution in [-0.4, -0.2) is 5.78 Å². The van der Waals surface area contributed by atoms with Gasteiger partial charge in [-0.1, -0.05) is 60.1 Å². The third-order valence-electron chi connectivity index (χ3n) is 4.02. The van der Waals surface area contributed by atoms with Gasteiger partial charge in [0, 0.05) is 11.1 Å². The highest BCUT2D eigenvalue weighted by atomic mass is 35.5. The molecule has 0 N–H and O–H groups in total. The summed E-state index contributed by atoms with van der Waals surface area (Å²) in [5, 5.41) is 9.66. The molecule has 0 radical (unpaired) electrons. The number of ketones is 1. The van der Waals surface area contributed by atoms with Gasteiger partial charge in [-0.2, -0.15) is 5.26 Å². The van der Waals surface area contributed by atoms with Crippen molar-refractivity contribution in [1.29, 1.82) is 5.26 Å². The van der Waals surface area contributed by atoms with Gasteiger partial charge in [-0.25, -0.2) is 4.39 Å². The van der Waals surface area contributed by atoms with E-state index in [9.17, 15) is 14.4 Å². The van der Waals surface area contributed by atoms with E-state index in [1.165, 1.54) is 18.2 Å². The second-order valence-corrected chi connectivity index (χ2v) is 6.33. The number of benzene rings is 3. The molecule has 0 spiro atoms. The van der Waals surface area contributed by atoms with Crippen LogP contribution in [0.1, 0.15) is 21.5 Å². The molecule has 3 aromatic rings. The number of halogens is 2. The number of nitriles is 1. The van der Waals surface area contributed by atoms with Gasteiger partial charge in [-0.3, -0.25) is 4.79 Å². The largest absolute Gasteiger partial charge is 0.489 e. The second-order valence-electron chi connectivity index (χ2n) is 5.93. The summed E-state index contributed by atoms with van der Waals surface area (Å²) in [4.78, 5) is 12.5. The molecule has 28 heavy (non-hydrogen) atoms. The van der Waals surface area contributed by atoms with Gasteiger partial charge in [0.2, 0.25) is 5.78 Å². The Hall–Kier alpha value is -3.42. The van der Waals surface area contributed by atoms with Crippen molar-refractivity contribution in [2.45, 2.75) is 6.61 Å². The average Bonchev–Trinajstić information content (AvgIpc) is 2.72. The third-order valence-corrected chi connectivity index (χ3v) is 4.37. The Kier molecular flexibility index (Phi) is 6.21. The molecule has 0 aliphatic heterocycles. The summed E-state index contributed by atoms with van der Waals surface area (Å²) in [6.45, 7) is -0.0350. The zero-order valence-corrected chi connectivity index (χ0v) is 15.5. The lowest BCUT2D eigenvalue weighted by molar-refractivity contribution is 0.104. The van der Waals surface area contributed by atoms with Crippen LogP contribution in [0.5, 0.6) is 5.75 Å². The van der Waals surface area contributed by atoms with E-state index in [1.54, 1.807) is 60.7 Å². The predicted molar refractivity (Wildman–Crippen MR) is 107 cm³/mol. The Labute approximate surface area is 167 Å². The number of Topliss-reactive ketones (excluding diaryl/α,β-unsaturated/α-hetero) is 1. The summed E-state index contributed by atoms with van der Waals surface area (Å²) in [5.74, 6) is -0.325. The van der Waals surface area contributed by atoms with Gasteiger partial charge >= 0.3 is 0 Å². The molecule has 3 nitrogen and oxygen atoms in total. The maximum absolute atomic E-state index is 13.9. The van der Waals surface area contributed by atoms with Crippen molar-refractivity contribution >= 4 is 23.5 Å². The topological polar surface area (TPSA) is 50.1 Å². The third kappa shape index (κ3) is 4.64. The Morgan fingerprint density at radius 3 is 2.54 bits per heavy atom. The number of hydrogen-bond donors (Lipinski definition) is 0. The number of carbonyl (C=O) groups is 1. The number of nitrogens with zero attached hydrogens (tertiary/aromatic N) is 1. The van der Waals surface area contributed by atoms with Gasteiger partial charge in [0.25, 0.3) is 0 Å². The van der Waals surface area contributed by atoms with Gasteiger partial charge in [0.15, 0.2) is 0 Å². The highest BCUT2D eigenvalue weighted by molar-refractivity contribution is 6.31. The zero-order valence-electron chi connectivity index (χ0n) is 14.7. The van der Waals surface area contributed by atoms with Gasteiger partial charge in [0.05, 0.1) is 5.02 Å². The molecule has 0 aliphatic rings. The summed E-state index contributed by atoms with van der Waals surface area (Å²) < 4.78 is 19.5. The molecule has 0 heterocycles. The quantitative estimate of drug-likeness (QED) is 0.301. The van der Waals surface area contributed by atoms with Crippen LogP contribution in [-0.2, 0) is 6.61 Å². The maximum atomic E-state index is 13.9. The number of rotatable bonds is 6. The number of hydrogen-bond acceptors (Lipinski definition) is 3. The van der Waals surface area contributed by atoms with E-state index < -0.39 is 5.82 Å². The van der Waals surface area contributed by atoms with Gasteiger partial charge in [-0.15, -0.1) is 0 Å². The minimum atomic E-state index is -0.441. The van der Waals surface area contributed by atoms with Gasteiger partial charge in [0.1, 0.15) is 29.8 Å². The molecule has 0 bridgehead atoms. The molecule has 3 rings (SSSR count). The van der Waals surface area contributed by atoms with E-state index in [2.05, 4.69) is 0 Å². The summed E-state index contributed by atoms with van der Waals surface area (Å²) >= 11 is 6.00. The minimum absolute atomic E-state index is 0.0144. The first-order valence-electron chi connectivity index (χ1n) is 8.46. The van der Waals surface area contributed by atoms with E-state index in [-0.39, 0.29) is 28.5 Å². The summed E-state index contributed by atoms with van der Waals surface area (Å²) in [7, 11) is 0. The monoisotopic (exact) mass is 391 g/mol. The molecule has 5 heteroatoms. The van der Waals surface area contributed by atoms with E-state index in [4.69, 9.17) is 16.3 Å². The van der Waals surface area contributed by atoms with E-state index in [1.807, 2.05) is 6.07 Å². The van der Waals surface area contributed by atoms with Crippen molar-refractivity contribution < 1.29 is 13.9 Å². The van der Waals surface area contributed by atoms with Crippen molar-refractivity contribution in [2.24, 2.45) is 0 Å². The van der Waals surface area contributed by atoms with Crippen LogP contribution >= 0.6 is 11.6 Å². The fourth-order valence-corrected chi connectivity index (χ4v) is 2.80. The average molecular weight is 392 g/mol. The van der Waals surface area contributed by atoms with Crippen molar-refractivity contribution in [3.05, 3.63) is 106 Å². The highest BCUT2D eigenvalue weighted by Crippen LogP contribution is 2.23. The lowest BCUT2D eigenvalue weighted by Gasteiger charge is -2.09. The minimum Gasteiger partial charge on any atom is -0.489 e.